The van der Waals surface area contributed by atoms with E-state index in [4.69, 9.17) is 0 Å². The average molecular weight is 883 g/mol. The highest BCUT2D eigenvalue weighted by Gasteiger charge is 2.55. The van der Waals surface area contributed by atoms with Gasteiger partial charge in [-0.2, -0.15) is 0 Å². The molecule has 2 nitrogen and oxygen atoms in total. The van der Waals surface area contributed by atoms with Gasteiger partial charge in [0.15, 0.2) is 0 Å². The van der Waals surface area contributed by atoms with Crippen molar-refractivity contribution >= 4 is 63.5 Å². The molecule has 66 heavy (non-hydrogen) atoms. The fourth-order valence-electron chi connectivity index (χ4n) is 13.1. The van der Waals surface area contributed by atoms with Crippen LogP contribution in [0.4, 0.5) is 28.4 Å². The van der Waals surface area contributed by atoms with E-state index < -0.39 is 0 Å². The lowest BCUT2D eigenvalue weighted by molar-refractivity contribution is 0.327. The van der Waals surface area contributed by atoms with E-state index >= 15 is 0 Å². The Morgan fingerprint density at radius 2 is 1.14 bits per heavy atom. The van der Waals surface area contributed by atoms with Crippen molar-refractivity contribution in [2.24, 2.45) is 0 Å². The average Bonchev–Trinajstić information content (AvgIpc) is 3.28. The van der Waals surface area contributed by atoms with Crippen molar-refractivity contribution in [3.8, 4) is 11.1 Å². The maximum atomic E-state index is 2.83. The summed E-state index contributed by atoms with van der Waals surface area (Å²) in [6, 6.07) is 43.7. The van der Waals surface area contributed by atoms with Crippen molar-refractivity contribution in [3.05, 3.63) is 164 Å². The first-order valence-electron chi connectivity index (χ1n) is 24.9. The second-order valence-electron chi connectivity index (χ2n) is 25.1. The Morgan fingerprint density at radius 1 is 0.515 bits per heavy atom. The van der Waals surface area contributed by atoms with Crippen LogP contribution in [0.25, 0.3) is 16.8 Å². The molecule has 6 aromatic rings. The fourth-order valence-corrected chi connectivity index (χ4v) is 14.5. The van der Waals surface area contributed by atoms with Gasteiger partial charge in [0.2, 0.25) is 0 Å². The quantitative estimate of drug-likeness (QED) is 0.160. The molecule has 1 atom stereocenters. The Balaban J connectivity index is 1.25. The molecular formula is C62H67BN2S. The minimum absolute atomic E-state index is 0.00533. The monoisotopic (exact) mass is 883 g/mol. The van der Waals surface area contributed by atoms with Crippen molar-refractivity contribution in [2.45, 2.75) is 154 Å². The van der Waals surface area contributed by atoms with E-state index in [1.54, 1.807) is 22.3 Å². The summed E-state index contributed by atoms with van der Waals surface area (Å²) in [5, 5.41) is 0. The maximum Gasteiger partial charge on any atom is 0.259 e. The third-order valence-corrected chi connectivity index (χ3v) is 18.6. The number of fused-ring (bicyclic) bond motifs is 9. The van der Waals surface area contributed by atoms with Crippen LogP contribution in [0.3, 0.4) is 0 Å². The molecule has 0 saturated carbocycles. The SMILES string of the molecule is CC(C)(C)c1ccc(N2C3=C(SCc4ccccc43)B3c4ccc5c6c4N(c4cc7c(cc4C6(C)CCC5(C)C)C(C)(C)CCC7(C)C)c4cc(C(C)(C)C)cc2c43)c(-c2ccccc2)c1. The smallest absolute Gasteiger partial charge is 0.259 e. The number of hydrogen-bond acceptors (Lipinski definition) is 3. The van der Waals surface area contributed by atoms with Gasteiger partial charge >= 0.3 is 0 Å². The molecule has 0 N–H and O–H groups in total. The summed E-state index contributed by atoms with van der Waals surface area (Å²) in [7, 11) is 0. The van der Waals surface area contributed by atoms with Gasteiger partial charge in [-0.3, -0.25) is 0 Å². The predicted octanol–water partition coefficient (Wildman–Crippen LogP) is 15.7. The van der Waals surface area contributed by atoms with Crippen LogP contribution in [-0.4, -0.2) is 6.71 Å². The van der Waals surface area contributed by atoms with Gasteiger partial charge in [-0.05, 0) is 149 Å². The zero-order chi connectivity index (χ0) is 46.2. The van der Waals surface area contributed by atoms with E-state index in [0.29, 0.717) is 0 Å². The van der Waals surface area contributed by atoms with Crippen LogP contribution in [0, 0.1) is 0 Å². The molecule has 0 saturated heterocycles. The summed E-state index contributed by atoms with van der Waals surface area (Å²) in [6.45, 7) is 32.1. The molecule has 4 aliphatic heterocycles. The summed E-state index contributed by atoms with van der Waals surface area (Å²) in [5.74, 6) is 0.965. The van der Waals surface area contributed by atoms with Gasteiger partial charge in [0, 0.05) is 39.4 Å². The van der Waals surface area contributed by atoms with E-state index in [0.717, 1.165) is 12.2 Å². The number of hydrogen-bond donors (Lipinski definition) is 0. The molecule has 4 heteroatoms. The number of benzene rings is 6. The van der Waals surface area contributed by atoms with E-state index in [-0.39, 0.29) is 39.2 Å². The molecule has 6 aromatic carbocycles. The van der Waals surface area contributed by atoms with Gasteiger partial charge in [-0.25, -0.2) is 0 Å². The van der Waals surface area contributed by atoms with Crippen molar-refractivity contribution in [2.75, 3.05) is 9.80 Å². The zero-order valence-electron chi connectivity index (χ0n) is 41.8. The van der Waals surface area contributed by atoms with Crippen molar-refractivity contribution in [3.63, 3.8) is 0 Å². The summed E-state index contributed by atoms with van der Waals surface area (Å²) in [6.07, 6.45) is 4.73. The van der Waals surface area contributed by atoms with Crippen LogP contribution in [-0.2, 0) is 38.2 Å². The molecule has 0 aromatic heterocycles. The second kappa shape index (κ2) is 13.6. The predicted molar refractivity (Wildman–Crippen MR) is 286 cm³/mol. The first-order valence-corrected chi connectivity index (χ1v) is 25.9. The van der Waals surface area contributed by atoms with Crippen molar-refractivity contribution < 1.29 is 0 Å². The van der Waals surface area contributed by atoms with Crippen LogP contribution in [0.5, 0.6) is 0 Å². The van der Waals surface area contributed by atoms with Crippen LogP contribution >= 0.6 is 11.8 Å². The zero-order valence-corrected chi connectivity index (χ0v) is 42.6. The molecule has 0 amide bonds. The second-order valence-corrected chi connectivity index (χ2v) is 26.1. The molecule has 0 radical (unpaired) electrons. The number of rotatable bonds is 2. The molecule has 0 spiro atoms. The van der Waals surface area contributed by atoms with Crippen molar-refractivity contribution in [1.29, 1.82) is 0 Å². The molecule has 2 aliphatic carbocycles. The van der Waals surface area contributed by atoms with Gasteiger partial charge in [-0.15, -0.1) is 11.8 Å². The van der Waals surface area contributed by atoms with Crippen LogP contribution in [0.2, 0.25) is 0 Å². The summed E-state index contributed by atoms with van der Waals surface area (Å²) < 4.78 is 0. The summed E-state index contributed by atoms with van der Waals surface area (Å²) >= 11 is 2.09. The van der Waals surface area contributed by atoms with Gasteiger partial charge < -0.3 is 9.80 Å². The first kappa shape index (κ1) is 42.4. The van der Waals surface area contributed by atoms with Gasteiger partial charge in [0.05, 0.1) is 17.1 Å². The molecule has 0 bridgehead atoms. The van der Waals surface area contributed by atoms with E-state index in [1.165, 1.54) is 108 Å². The lowest BCUT2D eigenvalue weighted by Crippen LogP contribution is -2.58. The highest BCUT2D eigenvalue weighted by Crippen LogP contribution is 2.64. The topological polar surface area (TPSA) is 6.48 Å². The molecular weight excluding hydrogens is 816 g/mol. The summed E-state index contributed by atoms with van der Waals surface area (Å²) in [4.78, 5) is 7.05. The molecule has 4 heterocycles. The van der Waals surface area contributed by atoms with E-state index in [9.17, 15) is 0 Å². The van der Waals surface area contributed by atoms with E-state index in [1.807, 2.05) is 0 Å². The van der Waals surface area contributed by atoms with E-state index in [2.05, 4.69) is 221 Å². The standard InChI is InChI=1S/C62H67BN2S/c1-57(2,3)39-23-26-48(42(31-39)37-19-15-14-16-20-37)64-50-32-40(58(4,5)6)33-51-53(50)63(56-54(64)41-22-18-17-21-38(41)36-66-56)47-25-24-43-52-55(47)65(51)49-35-45-44(60(9,10)27-28-61(45,11)12)34-46(49)62(52,13)30-29-59(43,7)8/h14-26,31-35H,27-30,36H2,1-13H3. The normalized spacial score (nSPS) is 21.3. The van der Waals surface area contributed by atoms with Crippen LogP contribution in [0.15, 0.2) is 114 Å². The Morgan fingerprint density at radius 3 is 1.83 bits per heavy atom. The molecule has 6 aliphatic rings. The molecule has 334 valence electrons. The molecule has 1 unspecified atom stereocenters. The third-order valence-electron chi connectivity index (χ3n) is 17.4. The van der Waals surface area contributed by atoms with Crippen molar-refractivity contribution in [1.82, 2.24) is 0 Å². The fraction of sp³-hybridized carbons (Fsp3) is 0.387. The molecule has 12 rings (SSSR count). The Bertz CT molecular complexity index is 3120. The van der Waals surface area contributed by atoms with Gasteiger partial charge in [0.25, 0.3) is 6.71 Å². The number of nitrogens with zero attached hydrogens (tertiary/aromatic N) is 2. The number of anilines is 5. The lowest BCUT2D eigenvalue weighted by Gasteiger charge is -2.55. The first-order chi connectivity index (χ1) is 31.1. The Kier molecular flexibility index (Phi) is 8.76. The third kappa shape index (κ3) is 5.82. The van der Waals surface area contributed by atoms with Gasteiger partial charge in [0.1, 0.15) is 0 Å². The van der Waals surface area contributed by atoms with Gasteiger partial charge in [-0.1, -0.05) is 169 Å². The largest absolute Gasteiger partial charge is 0.311 e. The van der Waals surface area contributed by atoms with Crippen LogP contribution < -0.4 is 20.7 Å². The minimum Gasteiger partial charge on any atom is -0.311 e. The Labute approximate surface area is 400 Å². The Hall–Kier alpha value is -4.93. The lowest BCUT2D eigenvalue weighted by atomic mass is 9.35. The molecule has 0 fully saturated rings. The van der Waals surface area contributed by atoms with Crippen LogP contribution in [0.1, 0.15) is 166 Å². The highest BCUT2D eigenvalue weighted by atomic mass is 32.2. The highest BCUT2D eigenvalue weighted by molar-refractivity contribution is 8.04. The number of thioether (sulfide) groups is 1. The minimum atomic E-state index is -0.111. The summed E-state index contributed by atoms with van der Waals surface area (Å²) in [5.41, 5.74) is 26.9. The maximum absolute atomic E-state index is 2.83.